The molecule has 0 bridgehead atoms. The highest BCUT2D eigenvalue weighted by molar-refractivity contribution is 5.83. The second-order valence-electron chi connectivity index (χ2n) is 5.16. The molecule has 0 aliphatic carbocycles. The lowest BCUT2D eigenvalue weighted by Crippen LogP contribution is -2.20. The van der Waals surface area contributed by atoms with E-state index < -0.39 is 0 Å². The van der Waals surface area contributed by atoms with Gasteiger partial charge in [0.2, 0.25) is 0 Å². The molecule has 0 aliphatic rings. The Labute approximate surface area is 119 Å². The van der Waals surface area contributed by atoms with Gasteiger partial charge in [-0.2, -0.15) is 0 Å². The van der Waals surface area contributed by atoms with E-state index in [2.05, 4.69) is 59.7 Å². The number of aryl methyl sites for hydroxylation is 1. The molecule has 2 aromatic carbocycles. The van der Waals surface area contributed by atoms with E-state index in [1.165, 1.54) is 16.3 Å². The molecule has 0 aliphatic heterocycles. The van der Waals surface area contributed by atoms with E-state index in [0.717, 1.165) is 12.4 Å². The highest BCUT2D eigenvalue weighted by Gasteiger charge is 2.07. The maximum absolute atomic E-state index is 4.33. The number of nitrogens with one attached hydrogen (secondary N) is 1. The van der Waals surface area contributed by atoms with Crippen LogP contribution >= 0.6 is 0 Å². The molecule has 1 aromatic heterocycles. The Morgan fingerprint density at radius 1 is 1.15 bits per heavy atom. The number of benzene rings is 2. The summed E-state index contributed by atoms with van der Waals surface area (Å²) in [6.07, 6.45) is 3.80. The molecule has 1 heterocycles. The molecule has 0 radical (unpaired) electrons. The molecule has 0 fully saturated rings. The van der Waals surface area contributed by atoms with Crippen LogP contribution < -0.4 is 5.32 Å². The fourth-order valence-corrected chi connectivity index (χ4v) is 2.41. The summed E-state index contributed by atoms with van der Waals surface area (Å²) in [4.78, 5) is 4.33. The lowest BCUT2D eigenvalue weighted by molar-refractivity contribution is 0.549. The Kier molecular flexibility index (Phi) is 3.52. The van der Waals surface area contributed by atoms with E-state index in [9.17, 15) is 0 Å². The summed E-state index contributed by atoms with van der Waals surface area (Å²) in [5.74, 6) is 1.05. The van der Waals surface area contributed by atoms with Crippen molar-refractivity contribution in [2.75, 3.05) is 0 Å². The van der Waals surface area contributed by atoms with Gasteiger partial charge in [-0.3, -0.25) is 0 Å². The minimum atomic E-state index is 0.302. The average Bonchev–Trinajstić information content (AvgIpc) is 2.89. The molecule has 1 atom stereocenters. The zero-order chi connectivity index (χ0) is 13.9. The monoisotopic (exact) mass is 265 g/mol. The van der Waals surface area contributed by atoms with Crippen LogP contribution in [0.25, 0.3) is 10.8 Å². The Hall–Kier alpha value is -2.13. The van der Waals surface area contributed by atoms with Crippen LogP contribution in [-0.4, -0.2) is 9.55 Å². The van der Waals surface area contributed by atoms with E-state index in [4.69, 9.17) is 0 Å². The number of rotatable bonds is 4. The van der Waals surface area contributed by atoms with E-state index in [1.54, 1.807) is 0 Å². The van der Waals surface area contributed by atoms with Gasteiger partial charge in [0.25, 0.3) is 0 Å². The highest BCUT2D eigenvalue weighted by atomic mass is 15.1. The number of nitrogens with zero attached hydrogens (tertiary/aromatic N) is 2. The first-order valence-electron chi connectivity index (χ1n) is 6.92. The van der Waals surface area contributed by atoms with Gasteiger partial charge in [-0.1, -0.05) is 36.4 Å². The first kappa shape index (κ1) is 12.9. The number of fused-ring (bicyclic) bond motifs is 1. The quantitative estimate of drug-likeness (QED) is 0.783. The molecular formula is C17H19N3. The van der Waals surface area contributed by atoms with Crippen molar-refractivity contribution in [2.45, 2.75) is 19.5 Å². The van der Waals surface area contributed by atoms with Gasteiger partial charge in [0.1, 0.15) is 5.82 Å². The maximum atomic E-state index is 4.33. The third kappa shape index (κ3) is 2.58. The van der Waals surface area contributed by atoms with Crippen LogP contribution in [0.15, 0.2) is 54.9 Å². The third-order valence-corrected chi connectivity index (χ3v) is 3.76. The second-order valence-corrected chi connectivity index (χ2v) is 5.16. The van der Waals surface area contributed by atoms with Crippen LogP contribution in [0.1, 0.15) is 24.4 Å². The molecule has 0 saturated carbocycles. The summed E-state index contributed by atoms with van der Waals surface area (Å²) in [5.41, 5.74) is 1.30. The zero-order valence-electron chi connectivity index (χ0n) is 11.9. The van der Waals surface area contributed by atoms with Gasteiger partial charge in [-0.25, -0.2) is 4.98 Å². The standard InChI is InChI=1S/C17H19N3/c1-13(19-12-17-18-9-10-20(17)2)15-8-7-14-5-3-4-6-16(14)11-15/h3-11,13,19H,12H2,1-2H3. The fourth-order valence-electron chi connectivity index (χ4n) is 2.41. The van der Waals surface area contributed by atoms with Crippen molar-refractivity contribution in [3.05, 3.63) is 66.2 Å². The minimum Gasteiger partial charge on any atom is -0.337 e. The first-order chi connectivity index (χ1) is 9.74. The third-order valence-electron chi connectivity index (χ3n) is 3.76. The second kappa shape index (κ2) is 5.47. The Balaban J connectivity index is 1.75. The maximum Gasteiger partial charge on any atom is 0.122 e. The minimum absolute atomic E-state index is 0.302. The van der Waals surface area contributed by atoms with Crippen molar-refractivity contribution >= 4 is 10.8 Å². The van der Waals surface area contributed by atoms with Gasteiger partial charge in [0.05, 0.1) is 6.54 Å². The molecule has 1 unspecified atom stereocenters. The normalized spacial score (nSPS) is 12.7. The summed E-state index contributed by atoms with van der Waals surface area (Å²) in [6.45, 7) is 2.96. The average molecular weight is 265 g/mol. The van der Waals surface area contributed by atoms with Crippen molar-refractivity contribution in [3.63, 3.8) is 0 Å². The van der Waals surface area contributed by atoms with Crippen LogP contribution in [0.2, 0.25) is 0 Å². The van der Waals surface area contributed by atoms with Crippen LogP contribution in [0.4, 0.5) is 0 Å². The molecule has 0 saturated heterocycles. The van der Waals surface area contributed by atoms with Crippen LogP contribution in [0.5, 0.6) is 0 Å². The first-order valence-corrected chi connectivity index (χ1v) is 6.92. The Bertz CT molecular complexity index is 715. The molecule has 3 aromatic rings. The summed E-state index contributed by atoms with van der Waals surface area (Å²) in [6, 6.07) is 15.4. The van der Waals surface area contributed by atoms with Gasteiger partial charge in [-0.15, -0.1) is 0 Å². The topological polar surface area (TPSA) is 29.9 Å². The molecule has 3 heteroatoms. The Morgan fingerprint density at radius 3 is 2.70 bits per heavy atom. The van der Waals surface area contributed by atoms with Crippen LogP contribution in [0.3, 0.4) is 0 Å². The molecule has 102 valence electrons. The largest absolute Gasteiger partial charge is 0.337 e. The molecule has 20 heavy (non-hydrogen) atoms. The predicted octanol–water partition coefficient (Wildman–Crippen LogP) is 3.42. The summed E-state index contributed by atoms with van der Waals surface area (Å²) in [7, 11) is 2.02. The molecule has 0 amide bonds. The number of aromatic nitrogens is 2. The molecule has 3 nitrogen and oxygen atoms in total. The van der Waals surface area contributed by atoms with Gasteiger partial charge >= 0.3 is 0 Å². The molecule has 3 rings (SSSR count). The number of hydrogen-bond acceptors (Lipinski definition) is 2. The predicted molar refractivity (Wildman–Crippen MR) is 82.4 cm³/mol. The van der Waals surface area contributed by atoms with Crippen molar-refractivity contribution in [2.24, 2.45) is 7.05 Å². The van der Waals surface area contributed by atoms with Gasteiger partial charge in [-0.05, 0) is 29.3 Å². The smallest absolute Gasteiger partial charge is 0.122 e. The lowest BCUT2D eigenvalue weighted by atomic mass is 10.0. The fraction of sp³-hybridized carbons (Fsp3) is 0.235. The number of hydrogen-bond donors (Lipinski definition) is 1. The van der Waals surface area contributed by atoms with Gasteiger partial charge in [0, 0.05) is 25.5 Å². The summed E-state index contributed by atoms with van der Waals surface area (Å²) in [5, 5.41) is 6.10. The molecular weight excluding hydrogens is 246 g/mol. The van der Waals surface area contributed by atoms with Crippen LogP contribution in [0, 0.1) is 0 Å². The van der Waals surface area contributed by atoms with E-state index >= 15 is 0 Å². The lowest BCUT2D eigenvalue weighted by Gasteiger charge is -2.15. The number of imidazole rings is 1. The highest BCUT2D eigenvalue weighted by Crippen LogP contribution is 2.20. The van der Waals surface area contributed by atoms with Crippen molar-refractivity contribution in [1.82, 2.24) is 14.9 Å². The Morgan fingerprint density at radius 2 is 1.95 bits per heavy atom. The van der Waals surface area contributed by atoms with E-state index in [0.29, 0.717) is 6.04 Å². The van der Waals surface area contributed by atoms with Crippen molar-refractivity contribution in [3.8, 4) is 0 Å². The summed E-state index contributed by atoms with van der Waals surface area (Å²) < 4.78 is 2.04. The van der Waals surface area contributed by atoms with Crippen molar-refractivity contribution in [1.29, 1.82) is 0 Å². The van der Waals surface area contributed by atoms with Gasteiger partial charge < -0.3 is 9.88 Å². The van der Waals surface area contributed by atoms with Crippen molar-refractivity contribution < 1.29 is 0 Å². The molecule has 0 spiro atoms. The summed E-state index contributed by atoms with van der Waals surface area (Å²) >= 11 is 0. The van der Waals surface area contributed by atoms with E-state index in [-0.39, 0.29) is 0 Å². The van der Waals surface area contributed by atoms with Crippen LogP contribution in [-0.2, 0) is 13.6 Å². The zero-order valence-corrected chi connectivity index (χ0v) is 11.9. The van der Waals surface area contributed by atoms with Gasteiger partial charge in [0.15, 0.2) is 0 Å². The SMILES string of the molecule is CC(NCc1nccn1C)c1ccc2ccccc2c1. The van der Waals surface area contributed by atoms with E-state index in [1.807, 2.05) is 24.0 Å². The molecule has 1 N–H and O–H groups in total.